The Bertz CT molecular complexity index is 1080. The molecule has 0 radical (unpaired) electrons. The van der Waals surface area contributed by atoms with Crippen LogP contribution in [0.3, 0.4) is 0 Å². The van der Waals surface area contributed by atoms with Crippen LogP contribution in [0.25, 0.3) is 10.9 Å². The molecule has 27 heavy (non-hydrogen) atoms. The van der Waals surface area contributed by atoms with Gasteiger partial charge in [-0.1, -0.05) is 23.2 Å². The van der Waals surface area contributed by atoms with Gasteiger partial charge in [-0.15, -0.1) is 0 Å². The van der Waals surface area contributed by atoms with E-state index in [9.17, 15) is 4.39 Å². The first-order chi connectivity index (χ1) is 13.1. The maximum Gasteiger partial charge on any atom is 0.127 e. The Morgan fingerprint density at radius 1 is 0.852 bits per heavy atom. The van der Waals surface area contributed by atoms with Gasteiger partial charge in [0.15, 0.2) is 0 Å². The molecule has 136 valence electrons. The number of H-pyrrole nitrogens is 1. The number of hydrogen-bond acceptors (Lipinski definition) is 3. The Morgan fingerprint density at radius 3 is 2.22 bits per heavy atom. The van der Waals surface area contributed by atoms with E-state index in [0.717, 1.165) is 21.5 Å². The highest BCUT2D eigenvalue weighted by Crippen LogP contribution is 2.36. The highest BCUT2D eigenvalue weighted by molar-refractivity contribution is 8.00. The second-order valence-electron chi connectivity index (χ2n) is 5.71. The molecule has 0 unspecified atom stereocenters. The fourth-order valence-corrected chi connectivity index (χ4v) is 3.81. The molecule has 0 saturated carbocycles. The predicted octanol–water partition coefficient (Wildman–Crippen LogP) is 7.53. The van der Waals surface area contributed by atoms with E-state index in [1.165, 1.54) is 24.1 Å². The summed E-state index contributed by atoms with van der Waals surface area (Å²) in [7, 11) is 0. The van der Waals surface area contributed by atoms with Gasteiger partial charge in [0, 0.05) is 16.5 Å². The first-order valence-corrected chi connectivity index (χ1v) is 9.59. The van der Waals surface area contributed by atoms with Crippen molar-refractivity contribution in [3.05, 3.63) is 82.7 Å². The average molecular weight is 419 g/mol. The molecule has 0 fully saturated rings. The summed E-state index contributed by atoms with van der Waals surface area (Å²) in [5, 5.41) is 1.99. The van der Waals surface area contributed by atoms with Crippen LogP contribution in [-0.2, 0) is 0 Å². The molecule has 0 aliphatic rings. The van der Waals surface area contributed by atoms with E-state index >= 15 is 0 Å². The number of ether oxygens (including phenoxy) is 1. The quantitative estimate of drug-likeness (QED) is 0.329. The summed E-state index contributed by atoms with van der Waals surface area (Å²) < 4.78 is 21.9. The standard InChI is InChI=1S/C20H13Cl2FN2OS/c21-16-9-10-18(20-19(16)17(22)11-24-20)25-27-15-7-5-14(6-8-15)26-13-3-1-12(23)2-4-13/h1-11,24-25H. The summed E-state index contributed by atoms with van der Waals surface area (Å²) in [6.45, 7) is 0. The number of nitrogens with one attached hydrogen (secondary N) is 2. The molecule has 0 atom stereocenters. The van der Waals surface area contributed by atoms with Crippen LogP contribution in [0.2, 0.25) is 10.0 Å². The smallest absolute Gasteiger partial charge is 0.127 e. The van der Waals surface area contributed by atoms with Crippen LogP contribution in [0.15, 0.2) is 71.8 Å². The van der Waals surface area contributed by atoms with Crippen molar-refractivity contribution in [2.45, 2.75) is 4.90 Å². The Kier molecular flexibility index (Phi) is 5.16. The van der Waals surface area contributed by atoms with E-state index < -0.39 is 0 Å². The lowest BCUT2D eigenvalue weighted by molar-refractivity contribution is 0.480. The molecular formula is C20H13Cl2FN2OS. The van der Waals surface area contributed by atoms with Crippen molar-refractivity contribution in [3.8, 4) is 11.5 Å². The highest BCUT2D eigenvalue weighted by atomic mass is 35.5. The minimum Gasteiger partial charge on any atom is -0.457 e. The van der Waals surface area contributed by atoms with E-state index in [0.29, 0.717) is 21.5 Å². The molecule has 1 aromatic heterocycles. The number of benzene rings is 3. The van der Waals surface area contributed by atoms with Gasteiger partial charge in [0.2, 0.25) is 0 Å². The number of aromatic amines is 1. The van der Waals surface area contributed by atoms with Crippen molar-refractivity contribution in [1.29, 1.82) is 0 Å². The fraction of sp³-hybridized carbons (Fsp3) is 0. The SMILES string of the molecule is Fc1ccc(Oc2ccc(SNc3ccc(Cl)c4c(Cl)c[nH]c34)cc2)cc1. The molecule has 0 bridgehead atoms. The average Bonchev–Trinajstić information content (AvgIpc) is 3.07. The summed E-state index contributed by atoms with van der Waals surface area (Å²) in [5.74, 6) is 0.970. The summed E-state index contributed by atoms with van der Waals surface area (Å²) >= 11 is 13.8. The van der Waals surface area contributed by atoms with Gasteiger partial charge in [-0.2, -0.15) is 0 Å². The molecule has 4 aromatic rings. The van der Waals surface area contributed by atoms with Gasteiger partial charge in [0.05, 0.1) is 21.2 Å². The number of aromatic nitrogens is 1. The molecule has 1 heterocycles. The van der Waals surface area contributed by atoms with E-state index in [2.05, 4.69) is 9.71 Å². The van der Waals surface area contributed by atoms with Gasteiger partial charge in [-0.25, -0.2) is 4.39 Å². The van der Waals surface area contributed by atoms with Crippen LogP contribution in [0.4, 0.5) is 10.1 Å². The summed E-state index contributed by atoms with van der Waals surface area (Å²) in [6, 6.07) is 17.2. The van der Waals surface area contributed by atoms with E-state index in [1.54, 1.807) is 18.3 Å². The maximum absolute atomic E-state index is 12.9. The van der Waals surface area contributed by atoms with Crippen LogP contribution in [-0.4, -0.2) is 4.98 Å². The van der Waals surface area contributed by atoms with Crippen molar-refractivity contribution in [2.75, 3.05) is 4.72 Å². The molecule has 0 saturated heterocycles. The van der Waals surface area contributed by atoms with Crippen molar-refractivity contribution in [3.63, 3.8) is 0 Å². The summed E-state index contributed by atoms with van der Waals surface area (Å²) in [5.41, 5.74) is 1.74. The number of anilines is 1. The van der Waals surface area contributed by atoms with Crippen LogP contribution >= 0.6 is 35.1 Å². The zero-order valence-corrected chi connectivity index (χ0v) is 16.1. The third-order valence-corrected chi connectivity index (χ3v) is 5.33. The normalized spacial score (nSPS) is 10.9. The molecule has 3 nitrogen and oxygen atoms in total. The zero-order valence-electron chi connectivity index (χ0n) is 13.8. The lowest BCUT2D eigenvalue weighted by Crippen LogP contribution is -1.89. The molecule has 0 amide bonds. The monoisotopic (exact) mass is 418 g/mol. The molecule has 4 rings (SSSR count). The van der Waals surface area contributed by atoms with E-state index in [1.807, 2.05) is 36.4 Å². The second-order valence-corrected chi connectivity index (χ2v) is 7.41. The molecule has 0 aliphatic heterocycles. The molecule has 0 spiro atoms. The molecule has 7 heteroatoms. The number of hydrogen-bond donors (Lipinski definition) is 2. The van der Waals surface area contributed by atoms with Crippen molar-refractivity contribution >= 4 is 51.7 Å². The van der Waals surface area contributed by atoms with Crippen LogP contribution in [0.5, 0.6) is 11.5 Å². The van der Waals surface area contributed by atoms with Gasteiger partial charge in [-0.3, -0.25) is 0 Å². The number of halogens is 3. The van der Waals surface area contributed by atoms with Crippen LogP contribution in [0.1, 0.15) is 0 Å². The van der Waals surface area contributed by atoms with Crippen molar-refractivity contribution < 1.29 is 9.13 Å². The maximum atomic E-state index is 12.9. The molecule has 2 N–H and O–H groups in total. The third-order valence-electron chi connectivity index (χ3n) is 3.89. The number of fused-ring (bicyclic) bond motifs is 1. The second kappa shape index (κ2) is 7.72. The van der Waals surface area contributed by atoms with Crippen molar-refractivity contribution in [1.82, 2.24) is 4.98 Å². The lowest BCUT2D eigenvalue weighted by atomic mass is 10.2. The highest BCUT2D eigenvalue weighted by Gasteiger charge is 2.10. The first kappa shape index (κ1) is 18.0. The summed E-state index contributed by atoms with van der Waals surface area (Å²) in [4.78, 5) is 4.14. The molecule has 3 aromatic carbocycles. The van der Waals surface area contributed by atoms with Crippen LogP contribution < -0.4 is 9.46 Å². The van der Waals surface area contributed by atoms with Gasteiger partial charge in [0.1, 0.15) is 17.3 Å². The van der Waals surface area contributed by atoms with Gasteiger partial charge >= 0.3 is 0 Å². The molecule has 0 aliphatic carbocycles. The molecular weight excluding hydrogens is 406 g/mol. The zero-order chi connectivity index (χ0) is 18.8. The third kappa shape index (κ3) is 4.00. The Morgan fingerprint density at radius 2 is 1.52 bits per heavy atom. The summed E-state index contributed by atoms with van der Waals surface area (Å²) in [6.07, 6.45) is 1.72. The Labute approximate surface area is 169 Å². The number of rotatable bonds is 5. The lowest BCUT2D eigenvalue weighted by Gasteiger charge is -2.09. The minimum atomic E-state index is -0.292. The fourth-order valence-electron chi connectivity index (χ4n) is 2.58. The van der Waals surface area contributed by atoms with E-state index in [-0.39, 0.29) is 5.82 Å². The van der Waals surface area contributed by atoms with Gasteiger partial charge < -0.3 is 14.4 Å². The van der Waals surface area contributed by atoms with Gasteiger partial charge in [0.25, 0.3) is 0 Å². The Hall–Kier alpha value is -2.34. The Balaban J connectivity index is 1.45. The van der Waals surface area contributed by atoms with E-state index in [4.69, 9.17) is 27.9 Å². The van der Waals surface area contributed by atoms with Crippen molar-refractivity contribution in [2.24, 2.45) is 0 Å². The van der Waals surface area contributed by atoms with Gasteiger partial charge in [-0.05, 0) is 72.6 Å². The first-order valence-electron chi connectivity index (χ1n) is 8.01. The minimum absolute atomic E-state index is 0.292. The van der Waals surface area contributed by atoms with Crippen LogP contribution in [0, 0.1) is 5.82 Å². The predicted molar refractivity (Wildman–Crippen MR) is 111 cm³/mol. The topological polar surface area (TPSA) is 37.0 Å². The largest absolute Gasteiger partial charge is 0.457 e.